The number of thiophene rings is 1. The monoisotopic (exact) mass is 290 g/mol. The lowest BCUT2D eigenvalue weighted by Gasteiger charge is -1.96. The SMILES string of the molecule is CCc1cc(-c2nc3ccc(OC)cc3s2)c(N)s1. The van der Waals surface area contributed by atoms with Gasteiger partial charge in [-0.05, 0) is 30.7 Å². The first-order valence-corrected chi connectivity index (χ1v) is 7.67. The quantitative estimate of drug-likeness (QED) is 0.787. The molecule has 5 heteroatoms. The molecule has 0 saturated carbocycles. The van der Waals surface area contributed by atoms with Gasteiger partial charge in [0.1, 0.15) is 10.8 Å². The van der Waals surface area contributed by atoms with Gasteiger partial charge in [-0.15, -0.1) is 22.7 Å². The molecule has 2 heterocycles. The number of hydrogen-bond donors (Lipinski definition) is 1. The number of hydrogen-bond acceptors (Lipinski definition) is 5. The largest absolute Gasteiger partial charge is 0.497 e. The number of fused-ring (bicyclic) bond motifs is 1. The molecule has 0 unspecified atom stereocenters. The zero-order chi connectivity index (χ0) is 13.4. The van der Waals surface area contributed by atoms with Crippen LogP contribution in [-0.2, 0) is 6.42 Å². The van der Waals surface area contributed by atoms with Crippen molar-refractivity contribution in [3.05, 3.63) is 29.1 Å². The highest BCUT2D eigenvalue weighted by Crippen LogP contribution is 2.38. The van der Waals surface area contributed by atoms with Gasteiger partial charge in [0.25, 0.3) is 0 Å². The van der Waals surface area contributed by atoms with E-state index in [9.17, 15) is 0 Å². The van der Waals surface area contributed by atoms with Crippen LogP contribution < -0.4 is 10.5 Å². The van der Waals surface area contributed by atoms with Crippen molar-refractivity contribution in [2.45, 2.75) is 13.3 Å². The Balaban J connectivity index is 2.11. The fourth-order valence-electron chi connectivity index (χ4n) is 1.95. The third-order valence-corrected chi connectivity index (χ3v) is 5.15. The molecule has 3 rings (SSSR count). The summed E-state index contributed by atoms with van der Waals surface area (Å²) in [5.41, 5.74) is 8.14. The predicted molar refractivity (Wildman–Crippen MR) is 83.3 cm³/mol. The van der Waals surface area contributed by atoms with Gasteiger partial charge in [-0.2, -0.15) is 0 Å². The molecule has 3 nitrogen and oxygen atoms in total. The molecule has 2 aromatic heterocycles. The molecule has 0 aliphatic rings. The van der Waals surface area contributed by atoms with Crippen molar-refractivity contribution in [2.24, 2.45) is 0 Å². The van der Waals surface area contributed by atoms with Gasteiger partial charge in [-0.1, -0.05) is 6.92 Å². The van der Waals surface area contributed by atoms with Crippen LogP contribution >= 0.6 is 22.7 Å². The lowest BCUT2D eigenvalue weighted by atomic mass is 10.2. The molecule has 2 N–H and O–H groups in total. The number of benzene rings is 1. The molecule has 0 saturated heterocycles. The van der Waals surface area contributed by atoms with E-state index in [4.69, 9.17) is 10.5 Å². The lowest BCUT2D eigenvalue weighted by molar-refractivity contribution is 0.415. The van der Waals surface area contributed by atoms with E-state index in [1.165, 1.54) is 4.88 Å². The maximum absolute atomic E-state index is 6.09. The van der Waals surface area contributed by atoms with Crippen molar-refractivity contribution in [3.8, 4) is 16.3 Å². The Hall–Kier alpha value is -1.59. The molecule has 0 bridgehead atoms. The number of ether oxygens (including phenoxy) is 1. The normalized spacial score (nSPS) is 11.1. The molecule has 0 atom stereocenters. The minimum Gasteiger partial charge on any atom is -0.497 e. The Morgan fingerprint density at radius 1 is 1.26 bits per heavy atom. The lowest BCUT2D eigenvalue weighted by Crippen LogP contribution is -1.82. The second-order valence-corrected chi connectivity index (χ2v) is 6.40. The van der Waals surface area contributed by atoms with Crippen molar-refractivity contribution in [2.75, 3.05) is 12.8 Å². The van der Waals surface area contributed by atoms with Gasteiger partial charge in [-0.3, -0.25) is 0 Å². The smallest absolute Gasteiger partial charge is 0.127 e. The van der Waals surface area contributed by atoms with E-state index < -0.39 is 0 Å². The van der Waals surface area contributed by atoms with E-state index >= 15 is 0 Å². The van der Waals surface area contributed by atoms with Crippen molar-refractivity contribution in [1.29, 1.82) is 0 Å². The molecule has 0 fully saturated rings. The summed E-state index contributed by atoms with van der Waals surface area (Å²) in [6.07, 6.45) is 1.01. The number of nitrogens with zero attached hydrogens (tertiary/aromatic N) is 1. The molecule has 0 amide bonds. The summed E-state index contributed by atoms with van der Waals surface area (Å²) in [5, 5.41) is 1.83. The summed E-state index contributed by atoms with van der Waals surface area (Å²) in [6, 6.07) is 8.08. The van der Waals surface area contributed by atoms with Crippen molar-refractivity contribution in [3.63, 3.8) is 0 Å². The van der Waals surface area contributed by atoms with Gasteiger partial charge in [0.05, 0.1) is 22.3 Å². The van der Waals surface area contributed by atoms with Gasteiger partial charge in [0, 0.05) is 10.4 Å². The molecule has 0 aliphatic carbocycles. The summed E-state index contributed by atoms with van der Waals surface area (Å²) in [5.74, 6) is 0.857. The van der Waals surface area contributed by atoms with E-state index in [0.29, 0.717) is 0 Å². The minimum atomic E-state index is 0.850. The number of nitrogens with two attached hydrogens (primary N) is 1. The molecule has 98 valence electrons. The Morgan fingerprint density at radius 2 is 2.11 bits per heavy atom. The number of anilines is 1. The van der Waals surface area contributed by atoms with Gasteiger partial charge >= 0.3 is 0 Å². The maximum Gasteiger partial charge on any atom is 0.127 e. The summed E-state index contributed by atoms with van der Waals surface area (Å²) in [7, 11) is 1.67. The summed E-state index contributed by atoms with van der Waals surface area (Å²) < 4.78 is 6.36. The van der Waals surface area contributed by atoms with Crippen LogP contribution in [0.4, 0.5) is 5.00 Å². The van der Waals surface area contributed by atoms with E-state index in [1.807, 2.05) is 18.2 Å². The van der Waals surface area contributed by atoms with Crippen molar-refractivity contribution in [1.82, 2.24) is 4.98 Å². The van der Waals surface area contributed by atoms with Crippen LogP contribution in [0.25, 0.3) is 20.8 Å². The number of thiazole rings is 1. The minimum absolute atomic E-state index is 0.850. The van der Waals surface area contributed by atoms with E-state index in [-0.39, 0.29) is 0 Å². The third kappa shape index (κ3) is 2.19. The van der Waals surface area contributed by atoms with Crippen LogP contribution in [0.2, 0.25) is 0 Å². The number of rotatable bonds is 3. The molecule has 0 aliphatic heterocycles. The van der Waals surface area contributed by atoms with Crippen molar-refractivity contribution < 1.29 is 4.74 Å². The first-order chi connectivity index (χ1) is 9.21. The average Bonchev–Trinajstić information content (AvgIpc) is 3.00. The molecule has 1 aromatic carbocycles. The standard InChI is InChI=1S/C14H14N2OS2/c1-3-9-7-10(13(15)18-9)14-16-11-5-4-8(17-2)6-12(11)19-14/h4-7H,3,15H2,1-2H3. The molecule has 19 heavy (non-hydrogen) atoms. The van der Waals surface area contributed by atoms with Gasteiger partial charge in [-0.25, -0.2) is 4.98 Å². The number of methoxy groups -OCH3 is 1. The number of nitrogen functional groups attached to an aromatic ring is 1. The highest BCUT2D eigenvalue weighted by molar-refractivity contribution is 7.22. The summed E-state index contributed by atoms with van der Waals surface area (Å²) >= 11 is 3.30. The zero-order valence-electron chi connectivity index (χ0n) is 10.8. The highest BCUT2D eigenvalue weighted by Gasteiger charge is 2.12. The summed E-state index contributed by atoms with van der Waals surface area (Å²) in [6.45, 7) is 2.14. The fourth-order valence-corrected chi connectivity index (χ4v) is 3.90. The fraction of sp³-hybridized carbons (Fsp3) is 0.214. The molecule has 0 radical (unpaired) electrons. The van der Waals surface area contributed by atoms with Crippen LogP contribution in [0.5, 0.6) is 5.75 Å². The second-order valence-electron chi connectivity index (χ2n) is 4.20. The van der Waals surface area contributed by atoms with Crippen LogP contribution in [0, 0.1) is 0 Å². The number of aromatic nitrogens is 1. The average molecular weight is 290 g/mol. The second kappa shape index (κ2) is 4.83. The van der Waals surface area contributed by atoms with Crippen LogP contribution in [-0.4, -0.2) is 12.1 Å². The Labute approximate surface area is 119 Å². The third-order valence-electron chi connectivity index (χ3n) is 2.99. The zero-order valence-corrected chi connectivity index (χ0v) is 12.4. The highest BCUT2D eigenvalue weighted by atomic mass is 32.1. The van der Waals surface area contributed by atoms with E-state index in [2.05, 4.69) is 18.0 Å². The topological polar surface area (TPSA) is 48.1 Å². The molecular weight excluding hydrogens is 276 g/mol. The first-order valence-electron chi connectivity index (χ1n) is 6.04. The van der Waals surface area contributed by atoms with E-state index in [1.54, 1.807) is 29.8 Å². The van der Waals surface area contributed by atoms with Gasteiger partial charge in [0.2, 0.25) is 0 Å². The van der Waals surface area contributed by atoms with Crippen LogP contribution in [0.1, 0.15) is 11.8 Å². The summed E-state index contributed by atoms with van der Waals surface area (Å²) in [4.78, 5) is 5.95. The molecule has 0 spiro atoms. The first kappa shape index (κ1) is 12.4. The Morgan fingerprint density at radius 3 is 2.79 bits per heavy atom. The van der Waals surface area contributed by atoms with Crippen molar-refractivity contribution >= 4 is 37.9 Å². The molecule has 3 aromatic rings. The maximum atomic E-state index is 6.09. The van der Waals surface area contributed by atoms with Gasteiger partial charge < -0.3 is 10.5 Å². The Bertz CT molecular complexity index is 730. The predicted octanol–water partition coefficient (Wildman–Crippen LogP) is 4.18. The molecular formula is C14H14N2OS2. The van der Waals surface area contributed by atoms with Gasteiger partial charge in [0.15, 0.2) is 0 Å². The van der Waals surface area contributed by atoms with E-state index in [0.717, 1.165) is 38.0 Å². The van der Waals surface area contributed by atoms with Crippen LogP contribution in [0.3, 0.4) is 0 Å². The van der Waals surface area contributed by atoms with Crippen LogP contribution in [0.15, 0.2) is 24.3 Å². The number of aryl methyl sites for hydroxylation is 1. The Kier molecular flexibility index (Phi) is 3.16.